The number of rotatable bonds is 5. The van der Waals surface area contributed by atoms with Gasteiger partial charge in [-0.2, -0.15) is 0 Å². The number of benzene rings is 1. The lowest BCUT2D eigenvalue weighted by molar-refractivity contribution is -0.158. The zero-order chi connectivity index (χ0) is 14.7. The minimum Gasteiger partial charge on any atom is -0.376 e. The monoisotopic (exact) mass is 293 g/mol. The molecule has 1 saturated carbocycles. The van der Waals surface area contributed by atoms with Gasteiger partial charge in [0.25, 0.3) is 5.91 Å². The normalized spacial score (nSPS) is 22.0. The van der Waals surface area contributed by atoms with Crippen molar-refractivity contribution in [2.24, 2.45) is 0 Å². The van der Waals surface area contributed by atoms with Gasteiger partial charge in [0.2, 0.25) is 0 Å². The number of carbonyl (C=O) groups excluding carboxylic acids is 1. The van der Waals surface area contributed by atoms with Gasteiger partial charge in [0.15, 0.2) is 6.10 Å². The van der Waals surface area contributed by atoms with Crippen LogP contribution in [0.15, 0.2) is 24.3 Å². The smallest absolute Gasteiger partial charge is 0.254 e. The third-order valence-corrected chi connectivity index (χ3v) is 3.89. The molecule has 1 aromatic carbocycles. The van der Waals surface area contributed by atoms with E-state index < -0.39 is 6.10 Å². The van der Waals surface area contributed by atoms with Gasteiger partial charge in [-0.1, -0.05) is 12.1 Å². The van der Waals surface area contributed by atoms with Gasteiger partial charge in [0.1, 0.15) is 5.82 Å². The Bertz CT molecular complexity index is 498. The van der Waals surface area contributed by atoms with Crippen LogP contribution in [0.5, 0.6) is 0 Å². The summed E-state index contributed by atoms with van der Waals surface area (Å²) >= 11 is 0. The van der Waals surface area contributed by atoms with Crippen molar-refractivity contribution in [1.29, 1.82) is 0 Å². The molecule has 114 valence electrons. The number of hydrogen-bond acceptors (Lipinski definition) is 3. The molecule has 2 fully saturated rings. The summed E-state index contributed by atoms with van der Waals surface area (Å²) in [4.78, 5) is 14.4. The number of hydrogen-bond donors (Lipinski definition) is 0. The van der Waals surface area contributed by atoms with E-state index in [4.69, 9.17) is 9.47 Å². The van der Waals surface area contributed by atoms with Gasteiger partial charge in [-0.05, 0) is 37.0 Å². The topological polar surface area (TPSA) is 38.8 Å². The minimum absolute atomic E-state index is 0.00797. The number of nitrogens with zero attached hydrogens (tertiary/aromatic N) is 1. The molecule has 3 rings (SSSR count). The van der Waals surface area contributed by atoms with Gasteiger partial charge in [-0.15, -0.1) is 0 Å². The zero-order valence-corrected chi connectivity index (χ0v) is 12.0. The van der Waals surface area contributed by atoms with Crippen LogP contribution in [0.2, 0.25) is 0 Å². The minimum atomic E-state index is -0.480. The molecule has 1 aliphatic heterocycles. The van der Waals surface area contributed by atoms with E-state index in [1.807, 2.05) is 11.0 Å². The summed E-state index contributed by atoms with van der Waals surface area (Å²) in [6.07, 6.45) is 2.27. The molecule has 2 aliphatic rings. The molecule has 0 N–H and O–H groups in total. The molecule has 4 nitrogen and oxygen atoms in total. The maximum atomic E-state index is 13.2. The third-order valence-electron chi connectivity index (χ3n) is 3.89. The first-order chi connectivity index (χ1) is 10.2. The quantitative estimate of drug-likeness (QED) is 0.830. The average molecular weight is 293 g/mol. The summed E-state index contributed by atoms with van der Waals surface area (Å²) in [7, 11) is 0. The highest BCUT2D eigenvalue weighted by Gasteiger charge is 2.36. The van der Waals surface area contributed by atoms with Crippen molar-refractivity contribution in [2.45, 2.75) is 31.4 Å². The second-order valence-corrected chi connectivity index (χ2v) is 5.58. The summed E-state index contributed by atoms with van der Waals surface area (Å²) < 4.78 is 24.0. The van der Waals surface area contributed by atoms with E-state index >= 15 is 0 Å². The van der Waals surface area contributed by atoms with Gasteiger partial charge >= 0.3 is 0 Å². The molecule has 0 aromatic heterocycles. The van der Waals surface area contributed by atoms with Gasteiger partial charge in [-0.3, -0.25) is 4.79 Å². The Hall–Kier alpha value is -1.46. The second-order valence-electron chi connectivity index (χ2n) is 5.58. The molecule has 21 heavy (non-hydrogen) atoms. The highest BCUT2D eigenvalue weighted by atomic mass is 19.1. The number of ether oxygens (including phenoxy) is 2. The van der Waals surface area contributed by atoms with E-state index in [9.17, 15) is 9.18 Å². The van der Waals surface area contributed by atoms with Crippen molar-refractivity contribution in [1.82, 2.24) is 4.90 Å². The van der Waals surface area contributed by atoms with E-state index in [1.54, 1.807) is 6.07 Å². The van der Waals surface area contributed by atoms with Gasteiger partial charge in [-0.25, -0.2) is 4.39 Å². The summed E-state index contributed by atoms with van der Waals surface area (Å²) in [6.45, 7) is 1.96. The number of amides is 1. The second kappa shape index (κ2) is 6.54. The van der Waals surface area contributed by atoms with Crippen molar-refractivity contribution in [2.75, 3.05) is 26.4 Å². The maximum Gasteiger partial charge on any atom is 0.254 e. The van der Waals surface area contributed by atoms with Crippen LogP contribution in [-0.2, 0) is 20.7 Å². The molecule has 0 spiro atoms. The molecule has 1 aromatic rings. The lowest BCUT2D eigenvalue weighted by Gasteiger charge is -2.29. The lowest BCUT2D eigenvalue weighted by Crippen LogP contribution is -2.47. The fourth-order valence-corrected chi connectivity index (χ4v) is 2.62. The molecule has 0 bridgehead atoms. The zero-order valence-electron chi connectivity index (χ0n) is 12.0. The average Bonchev–Trinajstić information content (AvgIpc) is 3.33. The summed E-state index contributed by atoms with van der Waals surface area (Å²) in [5.41, 5.74) is 0.911. The highest BCUT2D eigenvalue weighted by Crippen LogP contribution is 2.28. The van der Waals surface area contributed by atoms with Crippen LogP contribution in [0.4, 0.5) is 4.39 Å². The van der Waals surface area contributed by atoms with E-state index in [0.717, 1.165) is 18.4 Å². The van der Waals surface area contributed by atoms with Crippen LogP contribution in [0.3, 0.4) is 0 Å². The van der Waals surface area contributed by atoms with Crippen LogP contribution in [0.1, 0.15) is 18.4 Å². The molecule has 0 radical (unpaired) electrons. The molecule has 1 amide bonds. The number of carbonyl (C=O) groups is 1. The van der Waals surface area contributed by atoms with Crippen molar-refractivity contribution in [3.8, 4) is 0 Å². The molecular weight excluding hydrogens is 273 g/mol. The largest absolute Gasteiger partial charge is 0.376 e. The first-order valence-corrected chi connectivity index (χ1v) is 7.48. The Morgan fingerprint density at radius 1 is 1.33 bits per heavy atom. The Morgan fingerprint density at radius 3 is 2.86 bits per heavy atom. The van der Waals surface area contributed by atoms with Gasteiger partial charge < -0.3 is 14.4 Å². The molecule has 1 heterocycles. The molecule has 5 heteroatoms. The fourth-order valence-electron chi connectivity index (χ4n) is 2.62. The third kappa shape index (κ3) is 3.80. The molecule has 1 aliphatic carbocycles. The van der Waals surface area contributed by atoms with E-state index in [-0.39, 0.29) is 11.7 Å². The van der Waals surface area contributed by atoms with E-state index in [2.05, 4.69) is 0 Å². The molecule has 1 atom stereocenters. The first kappa shape index (κ1) is 14.5. The van der Waals surface area contributed by atoms with Gasteiger partial charge in [0.05, 0.1) is 19.8 Å². The van der Waals surface area contributed by atoms with Crippen molar-refractivity contribution in [3.63, 3.8) is 0 Å². The predicted octanol–water partition coefficient (Wildman–Crippen LogP) is 1.77. The maximum absolute atomic E-state index is 13.2. The van der Waals surface area contributed by atoms with Crippen LogP contribution < -0.4 is 0 Å². The summed E-state index contributed by atoms with van der Waals surface area (Å²) in [5.74, 6) is -0.227. The van der Waals surface area contributed by atoms with E-state index in [1.165, 1.54) is 12.1 Å². The first-order valence-electron chi connectivity index (χ1n) is 7.48. The predicted molar refractivity (Wildman–Crippen MR) is 75.4 cm³/mol. The van der Waals surface area contributed by atoms with Crippen LogP contribution in [0, 0.1) is 5.82 Å². The Labute approximate surface area is 123 Å². The lowest BCUT2D eigenvalue weighted by atomic mass is 10.1. The highest BCUT2D eigenvalue weighted by molar-refractivity contribution is 5.81. The SMILES string of the molecule is O=C([C@@H]1COCCO1)N(CCc1cccc(F)c1)C1CC1. The molecule has 1 saturated heterocycles. The fraction of sp³-hybridized carbons (Fsp3) is 0.562. The van der Waals surface area contributed by atoms with Crippen LogP contribution in [-0.4, -0.2) is 49.3 Å². The number of halogens is 1. The van der Waals surface area contributed by atoms with Crippen molar-refractivity contribution < 1.29 is 18.7 Å². The van der Waals surface area contributed by atoms with Crippen LogP contribution in [0.25, 0.3) is 0 Å². The van der Waals surface area contributed by atoms with Gasteiger partial charge in [0, 0.05) is 12.6 Å². The Morgan fingerprint density at radius 2 is 2.19 bits per heavy atom. The summed E-state index contributed by atoms with van der Waals surface area (Å²) in [6, 6.07) is 6.86. The molecule has 0 unspecified atom stereocenters. The summed E-state index contributed by atoms with van der Waals surface area (Å²) in [5, 5.41) is 0. The standard InChI is InChI=1S/C16H20FNO3/c17-13-3-1-2-12(10-13)6-7-18(14-4-5-14)16(19)15-11-20-8-9-21-15/h1-3,10,14-15H,4-9,11H2/t15-/m0/s1. The molecular formula is C16H20FNO3. The van der Waals surface area contributed by atoms with Crippen LogP contribution >= 0.6 is 0 Å². The van der Waals surface area contributed by atoms with Crippen molar-refractivity contribution in [3.05, 3.63) is 35.6 Å². The van der Waals surface area contributed by atoms with E-state index in [0.29, 0.717) is 38.8 Å². The van der Waals surface area contributed by atoms with Crippen molar-refractivity contribution >= 4 is 5.91 Å². The Balaban J connectivity index is 1.60. The Kier molecular flexibility index (Phi) is 4.51.